The number of carbonyl (C=O) groups is 1. The van der Waals surface area contributed by atoms with E-state index in [9.17, 15) is 4.79 Å². The first-order valence-corrected chi connectivity index (χ1v) is 11.2. The van der Waals surface area contributed by atoms with Crippen LogP contribution in [0, 0.1) is 13.8 Å². The lowest BCUT2D eigenvalue weighted by molar-refractivity contribution is 0.102. The van der Waals surface area contributed by atoms with Gasteiger partial charge >= 0.3 is 0 Å². The summed E-state index contributed by atoms with van der Waals surface area (Å²) in [6.07, 6.45) is 0. The number of rotatable bonds is 7. The molecule has 0 saturated heterocycles. The average molecular weight is 480 g/mol. The molecule has 7 heteroatoms. The van der Waals surface area contributed by atoms with Crippen LogP contribution in [-0.4, -0.2) is 15.7 Å². The van der Waals surface area contributed by atoms with E-state index in [-0.39, 0.29) is 12.5 Å². The number of nitrogens with zero attached hydrogens (tertiary/aromatic N) is 2. The Morgan fingerprint density at radius 3 is 2.48 bits per heavy atom. The molecular formula is C26H23Cl2N3O2. The highest BCUT2D eigenvalue weighted by molar-refractivity contribution is 6.35. The normalized spacial score (nSPS) is 10.8. The fourth-order valence-electron chi connectivity index (χ4n) is 3.53. The number of hydrogen-bond acceptors (Lipinski definition) is 3. The van der Waals surface area contributed by atoms with Crippen molar-refractivity contribution in [2.24, 2.45) is 0 Å². The van der Waals surface area contributed by atoms with Crippen LogP contribution in [0.3, 0.4) is 0 Å². The summed E-state index contributed by atoms with van der Waals surface area (Å²) in [5, 5.41) is 8.61. The summed E-state index contributed by atoms with van der Waals surface area (Å²) < 4.78 is 7.70. The Hall–Kier alpha value is -3.28. The maximum atomic E-state index is 13.0. The fraction of sp³-hybridized carbons (Fsp3) is 0.154. The predicted molar refractivity (Wildman–Crippen MR) is 132 cm³/mol. The zero-order valence-electron chi connectivity index (χ0n) is 18.3. The van der Waals surface area contributed by atoms with Crippen LogP contribution >= 0.6 is 23.2 Å². The highest BCUT2D eigenvalue weighted by atomic mass is 35.5. The second-order valence-electron chi connectivity index (χ2n) is 7.71. The molecule has 0 spiro atoms. The molecular weight excluding hydrogens is 457 g/mol. The van der Waals surface area contributed by atoms with Crippen LogP contribution in [-0.2, 0) is 13.2 Å². The van der Waals surface area contributed by atoms with Gasteiger partial charge in [0.25, 0.3) is 5.91 Å². The van der Waals surface area contributed by atoms with Crippen LogP contribution < -0.4 is 10.1 Å². The number of carbonyl (C=O) groups excluding carboxylic acids is 1. The van der Waals surface area contributed by atoms with Gasteiger partial charge < -0.3 is 10.1 Å². The Kier molecular flexibility index (Phi) is 7.02. The Labute approximate surface area is 202 Å². The lowest BCUT2D eigenvalue weighted by Gasteiger charge is -2.10. The van der Waals surface area contributed by atoms with Crippen molar-refractivity contribution in [3.63, 3.8) is 0 Å². The van der Waals surface area contributed by atoms with Crippen LogP contribution in [0.5, 0.6) is 5.75 Å². The third-order valence-corrected chi connectivity index (χ3v) is 5.80. The first kappa shape index (κ1) is 22.9. The van der Waals surface area contributed by atoms with Gasteiger partial charge in [-0.15, -0.1) is 0 Å². The molecule has 1 amide bonds. The first-order valence-electron chi connectivity index (χ1n) is 10.5. The van der Waals surface area contributed by atoms with E-state index < -0.39 is 0 Å². The highest BCUT2D eigenvalue weighted by Gasteiger charge is 2.16. The molecule has 0 atom stereocenters. The maximum Gasteiger partial charge on any atom is 0.255 e. The van der Waals surface area contributed by atoms with E-state index in [4.69, 9.17) is 27.9 Å². The standard InChI is InChI=1S/C26H23Cl2N3O2/c1-17-25(18(2)31(30-17)15-19-7-4-3-5-8-19)29-26(32)21-10-6-9-20(13-21)16-33-24-12-11-22(27)14-23(24)28/h3-14H,15-16H2,1-2H3,(H,29,32). The van der Waals surface area contributed by atoms with Gasteiger partial charge in [-0.25, -0.2) is 0 Å². The molecule has 1 heterocycles. The summed E-state index contributed by atoms with van der Waals surface area (Å²) in [5.41, 5.74) is 4.94. The molecule has 0 unspecified atom stereocenters. The third-order valence-electron chi connectivity index (χ3n) is 5.27. The van der Waals surface area contributed by atoms with Crippen molar-refractivity contribution in [3.05, 3.63) is 111 Å². The fourth-order valence-corrected chi connectivity index (χ4v) is 3.99. The van der Waals surface area contributed by atoms with Crippen molar-refractivity contribution < 1.29 is 9.53 Å². The van der Waals surface area contributed by atoms with Crippen molar-refractivity contribution in [2.75, 3.05) is 5.32 Å². The molecule has 0 aliphatic carbocycles. The summed E-state index contributed by atoms with van der Waals surface area (Å²) in [6.45, 7) is 4.77. The van der Waals surface area contributed by atoms with E-state index in [1.54, 1.807) is 30.3 Å². The number of nitrogens with one attached hydrogen (secondary N) is 1. The molecule has 4 rings (SSSR count). The number of amides is 1. The maximum absolute atomic E-state index is 13.0. The molecule has 0 saturated carbocycles. The second kappa shape index (κ2) is 10.1. The molecule has 0 aliphatic rings. The number of anilines is 1. The van der Waals surface area contributed by atoms with E-state index in [0.717, 1.165) is 28.2 Å². The molecule has 5 nitrogen and oxygen atoms in total. The van der Waals surface area contributed by atoms with E-state index in [2.05, 4.69) is 22.5 Å². The Morgan fingerprint density at radius 1 is 0.970 bits per heavy atom. The molecule has 0 radical (unpaired) electrons. The van der Waals surface area contributed by atoms with Gasteiger partial charge in [0, 0.05) is 10.6 Å². The minimum atomic E-state index is -0.202. The number of hydrogen-bond donors (Lipinski definition) is 1. The summed E-state index contributed by atoms with van der Waals surface area (Å²) in [7, 11) is 0. The minimum Gasteiger partial charge on any atom is -0.487 e. The number of aryl methyl sites for hydroxylation is 1. The van der Waals surface area contributed by atoms with Crippen molar-refractivity contribution in [2.45, 2.75) is 27.0 Å². The molecule has 4 aromatic rings. The molecule has 0 fully saturated rings. The Bertz CT molecular complexity index is 1290. The van der Waals surface area contributed by atoms with Gasteiger partial charge in [0.2, 0.25) is 0 Å². The van der Waals surface area contributed by atoms with Crippen LogP contribution in [0.25, 0.3) is 0 Å². The second-order valence-corrected chi connectivity index (χ2v) is 8.55. The van der Waals surface area contributed by atoms with Gasteiger partial charge in [-0.1, -0.05) is 65.7 Å². The third kappa shape index (κ3) is 5.56. The summed E-state index contributed by atoms with van der Waals surface area (Å²) in [6, 6.07) is 22.5. The zero-order chi connectivity index (χ0) is 23.4. The van der Waals surface area contributed by atoms with Crippen molar-refractivity contribution in [1.82, 2.24) is 9.78 Å². The number of aromatic nitrogens is 2. The molecule has 33 heavy (non-hydrogen) atoms. The lowest BCUT2D eigenvalue weighted by atomic mass is 10.1. The van der Waals surface area contributed by atoms with Crippen molar-refractivity contribution in [1.29, 1.82) is 0 Å². The molecule has 168 valence electrons. The Morgan fingerprint density at radius 2 is 1.73 bits per heavy atom. The van der Waals surface area contributed by atoms with E-state index in [1.807, 2.05) is 48.9 Å². The topological polar surface area (TPSA) is 56.2 Å². The Balaban J connectivity index is 1.45. The van der Waals surface area contributed by atoms with Crippen LogP contribution in [0.1, 0.15) is 32.9 Å². The van der Waals surface area contributed by atoms with Gasteiger partial charge in [0.15, 0.2) is 0 Å². The molecule has 0 bridgehead atoms. The van der Waals surface area contributed by atoms with Gasteiger partial charge in [-0.2, -0.15) is 5.10 Å². The highest BCUT2D eigenvalue weighted by Crippen LogP contribution is 2.28. The summed E-state index contributed by atoms with van der Waals surface area (Å²) in [5.74, 6) is 0.333. The average Bonchev–Trinajstić information content (AvgIpc) is 3.06. The van der Waals surface area contributed by atoms with Gasteiger partial charge in [-0.3, -0.25) is 9.48 Å². The molecule has 0 aliphatic heterocycles. The van der Waals surface area contributed by atoms with Crippen LogP contribution in [0.2, 0.25) is 10.0 Å². The van der Waals surface area contributed by atoms with Crippen molar-refractivity contribution >= 4 is 34.8 Å². The largest absolute Gasteiger partial charge is 0.487 e. The monoisotopic (exact) mass is 479 g/mol. The quantitative estimate of drug-likeness (QED) is 0.321. The van der Waals surface area contributed by atoms with Crippen molar-refractivity contribution in [3.8, 4) is 5.75 Å². The minimum absolute atomic E-state index is 0.202. The van der Waals surface area contributed by atoms with Crippen LogP contribution in [0.15, 0.2) is 72.8 Å². The molecule has 1 N–H and O–H groups in total. The molecule has 1 aromatic heterocycles. The zero-order valence-corrected chi connectivity index (χ0v) is 19.8. The van der Waals surface area contributed by atoms with Gasteiger partial charge in [-0.05, 0) is 55.3 Å². The predicted octanol–water partition coefficient (Wildman–Crippen LogP) is 6.69. The smallest absolute Gasteiger partial charge is 0.255 e. The van der Waals surface area contributed by atoms with E-state index in [1.165, 1.54) is 0 Å². The van der Waals surface area contributed by atoms with E-state index >= 15 is 0 Å². The van der Waals surface area contributed by atoms with Gasteiger partial charge in [0.05, 0.1) is 28.6 Å². The first-order chi connectivity index (χ1) is 15.9. The van der Waals surface area contributed by atoms with Gasteiger partial charge in [0.1, 0.15) is 12.4 Å². The molecule has 3 aromatic carbocycles. The number of benzene rings is 3. The van der Waals surface area contributed by atoms with E-state index in [0.29, 0.717) is 27.9 Å². The SMILES string of the molecule is Cc1nn(Cc2ccccc2)c(C)c1NC(=O)c1cccc(COc2ccc(Cl)cc2Cl)c1. The number of halogens is 2. The summed E-state index contributed by atoms with van der Waals surface area (Å²) >= 11 is 12.1. The summed E-state index contributed by atoms with van der Waals surface area (Å²) in [4.78, 5) is 13.0. The van der Waals surface area contributed by atoms with Crippen LogP contribution in [0.4, 0.5) is 5.69 Å². The number of ether oxygens (including phenoxy) is 1. The lowest BCUT2D eigenvalue weighted by Crippen LogP contribution is -2.14.